The van der Waals surface area contributed by atoms with Crippen molar-refractivity contribution in [2.24, 2.45) is 0 Å². The van der Waals surface area contributed by atoms with Gasteiger partial charge in [0.1, 0.15) is 5.75 Å². The van der Waals surface area contributed by atoms with Crippen LogP contribution in [0.4, 0.5) is 0 Å². The zero-order valence-electron chi connectivity index (χ0n) is 14.6. The second-order valence-electron chi connectivity index (χ2n) is 7.18. The van der Waals surface area contributed by atoms with Gasteiger partial charge in [-0.05, 0) is 58.0 Å². The van der Waals surface area contributed by atoms with Crippen molar-refractivity contribution in [3.63, 3.8) is 0 Å². The van der Waals surface area contributed by atoms with E-state index in [1.54, 1.807) is 7.11 Å². The van der Waals surface area contributed by atoms with Gasteiger partial charge in [0.05, 0.1) is 7.11 Å². The van der Waals surface area contributed by atoms with Crippen LogP contribution in [-0.4, -0.2) is 7.11 Å². The van der Waals surface area contributed by atoms with Crippen LogP contribution < -0.4 is 4.74 Å². The van der Waals surface area contributed by atoms with Crippen molar-refractivity contribution in [1.29, 1.82) is 0 Å². The number of ether oxygens (including phenoxy) is 1. The summed E-state index contributed by atoms with van der Waals surface area (Å²) < 4.78 is 5.63. The zero-order chi connectivity index (χ0) is 16.6. The standard InChI is InChI=1S/C22H24O/c1-15-12-16-8-6-7-9-17(16)13-19(15)20-14-18(22(2,3)4)10-11-21(20)23-5/h6-14H,1-5H3. The van der Waals surface area contributed by atoms with Crippen LogP contribution in [0.3, 0.4) is 0 Å². The fourth-order valence-corrected chi connectivity index (χ4v) is 3.03. The second-order valence-corrected chi connectivity index (χ2v) is 7.18. The fraction of sp³-hybridized carbons (Fsp3) is 0.273. The summed E-state index contributed by atoms with van der Waals surface area (Å²) in [6, 6.07) is 19.6. The molecular formula is C22H24O. The number of aryl methyl sites for hydroxylation is 1. The molecule has 3 aromatic rings. The molecule has 0 aliphatic rings. The molecule has 0 spiro atoms. The lowest BCUT2D eigenvalue weighted by molar-refractivity contribution is 0.416. The fourth-order valence-electron chi connectivity index (χ4n) is 3.03. The Labute approximate surface area is 138 Å². The van der Waals surface area contributed by atoms with E-state index in [0.29, 0.717) is 0 Å². The Kier molecular flexibility index (Phi) is 3.89. The molecular weight excluding hydrogens is 280 g/mol. The lowest BCUT2D eigenvalue weighted by atomic mass is 9.84. The average molecular weight is 304 g/mol. The van der Waals surface area contributed by atoms with Gasteiger partial charge in [-0.15, -0.1) is 0 Å². The highest BCUT2D eigenvalue weighted by atomic mass is 16.5. The summed E-state index contributed by atoms with van der Waals surface area (Å²) in [5.41, 5.74) is 5.12. The van der Waals surface area contributed by atoms with Gasteiger partial charge < -0.3 is 4.74 Å². The van der Waals surface area contributed by atoms with Crippen molar-refractivity contribution in [1.82, 2.24) is 0 Å². The van der Waals surface area contributed by atoms with Gasteiger partial charge in [0, 0.05) is 5.56 Å². The molecule has 23 heavy (non-hydrogen) atoms. The van der Waals surface area contributed by atoms with Crippen LogP contribution in [0.15, 0.2) is 54.6 Å². The van der Waals surface area contributed by atoms with E-state index in [2.05, 4.69) is 82.3 Å². The van der Waals surface area contributed by atoms with E-state index in [4.69, 9.17) is 4.74 Å². The number of hydrogen-bond acceptors (Lipinski definition) is 1. The normalized spacial score (nSPS) is 11.7. The minimum absolute atomic E-state index is 0.117. The molecule has 0 radical (unpaired) electrons. The molecule has 0 saturated carbocycles. The van der Waals surface area contributed by atoms with Crippen LogP contribution in [0.2, 0.25) is 0 Å². The first-order valence-corrected chi connectivity index (χ1v) is 8.08. The molecule has 0 aliphatic heterocycles. The van der Waals surface area contributed by atoms with Gasteiger partial charge in [-0.2, -0.15) is 0 Å². The molecule has 0 N–H and O–H groups in total. The van der Waals surface area contributed by atoms with Crippen molar-refractivity contribution < 1.29 is 4.74 Å². The molecule has 3 aromatic carbocycles. The predicted octanol–water partition coefficient (Wildman–Crippen LogP) is 6.12. The topological polar surface area (TPSA) is 9.23 Å². The SMILES string of the molecule is COc1ccc(C(C)(C)C)cc1-c1cc2ccccc2cc1C. The van der Waals surface area contributed by atoms with Crippen LogP contribution in [0.1, 0.15) is 31.9 Å². The van der Waals surface area contributed by atoms with Crippen LogP contribution >= 0.6 is 0 Å². The third kappa shape index (κ3) is 2.96. The van der Waals surface area contributed by atoms with Crippen LogP contribution in [-0.2, 0) is 5.41 Å². The summed E-state index contributed by atoms with van der Waals surface area (Å²) in [4.78, 5) is 0. The Hall–Kier alpha value is -2.28. The van der Waals surface area contributed by atoms with E-state index in [1.165, 1.54) is 33.0 Å². The lowest BCUT2D eigenvalue weighted by Gasteiger charge is -2.22. The Morgan fingerprint density at radius 3 is 2.04 bits per heavy atom. The molecule has 0 unspecified atom stereocenters. The monoisotopic (exact) mass is 304 g/mol. The number of hydrogen-bond donors (Lipinski definition) is 0. The van der Waals surface area contributed by atoms with Gasteiger partial charge in [0.15, 0.2) is 0 Å². The van der Waals surface area contributed by atoms with Crippen LogP contribution in [0.5, 0.6) is 5.75 Å². The first-order chi connectivity index (χ1) is 10.9. The van der Waals surface area contributed by atoms with Crippen LogP contribution in [0, 0.1) is 6.92 Å². The van der Waals surface area contributed by atoms with E-state index < -0.39 is 0 Å². The predicted molar refractivity (Wildman–Crippen MR) is 99.4 cm³/mol. The van der Waals surface area contributed by atoms with E-state index in [1.807, 2.05) is 0 Å². The molecule has 0 aromatic heterocycles. The van der Waals surface area contributed by atoms with Gasteiger partial charge in [-0.25, -0.2) is 0 Å². The van der Waals surface area contributed by atoms with Crippen molar-refractivity contribution >= 4 is 10.8 Å². The summed E-state index contributed by atoms with van der Waals surface area (Å²) in [6.45, 7) is 8.90. The van der Waals surface area contributed by atoms with E-state index in [-0.39, 0.29) is 5.41 Å². The highest BCUT2D eigenvalue weighted by molar-refractivity contribution is 5.90. The first kappa shape index (κ1) is 15.6. The molecule has 0 atom stereocenters. The molecule has 0 aliphatic carbocycles. The van der Waals surface area contributed by atoms with Crippen LogP contribution in [0.25, 0.3) is 21.9 Å². The summed E-state index contributed by atoms with van der Waals surface area (Å²) in [7, 11) is 1.74. The highest BCUT2D eigenvalue weighted by Gasteiger charge is 2.17. The Bertz CT molecular complexity index is 853. The van der Waals surface area contributed by atoms with Gasteiger partial charge >= 0.3 is 0 Å². The maximum Gasteiger partial charge on any atom is 0.126 e. The van der Waals surface area contributed by atoms with E-state index >= 15 is 0 Å². The van der Waals surface area contributed by atoms with Gasteiger partial charge in [-0.3, -0.25) is 0 Å². The molecule has 0 saturated heterocycles. The van der Waals surface area contributed by atoms with E-state index in [9.17, 15) is 0 Å². The maximum atomic E-state index is 5.63. The Balaban J connectivity index is 2.26. The number of fused-ring (bicyclic) bond motifs is 1. The zero-order valence-corrected chi connectivity index (χ0v) is 14.6. The highest BCUT2D eigenvalue weighted by Crippen LogP contribution is 2.37. The molecule has 118 valence electrons. The molecule has 0 bridgehead atoms. The molecule has 0 fully saturated rings. The molecule has 0 amide bonds. The number of methoxy groups -OCH3 is 1. The molecule has 3 rings (SSSR count). The number of benzene rings is 3. The maximum absolute atomic E-state index is 5.63. The number of rotatable bonds is 2. The van der Waals surface area contributed by atoms with Gasteiger partial charge in [-0.1, -0.05) is 57.2 Å². The minimum Gasteiger partial charge on any atom is -0.496 e. The second kappa shape index (κ2) is 5.73. The van der Waals surface area contributed by atoms with Crippen molar-refractivity contribution in [2.45, 2.75) is 33.1 Å². The Morgan fingerprint density at radius 1 is 0.783 bits per heavy atom. The third-order valence-electron chi connectivity index (χ3n) is 4.45. The van der Waals surface area contributed by atoms with Crippen molar-refractivity contribution in [2.75, 3.05) is 7.11 Å². The summed E-state index contributed by atoms with van der Waals surface area (Å²) in [5, 5.41) is 2.54. The van der Waals surface area contributed by atoms with Crippen molar-refractivity contribution in [3.05, 3.63) is 65.7 Å². The Morgan fingerprint density at radius 2 is 1.43 bits per heavy atom. The minimum atomic E-state index is 0.117. The van der Waals surface area contributed by atoms with Crippen molar-refractivity contribution in [3.8, 4) is 16.9 Å². The average Bonchev–Trinajstić information content (AvgIpc) is 2.52. The molecule has 1 nitrogen and oxygen atoms in total. The van der Waals surface area contributed by atoms with Gasteiger partial charge in [0.2, 0.25) is 0 Å². The largest absolute Gasteiger partial charge is 0.496 e. The smallest absolute Gasteiger partial charge is 0.126 e. The molecule has 1 heteroatoms. The third-order valence-corrected chi connectivity index (χ3v) is 4.45. The summed E-state index contributed by atoms with van der Waals surface area (Å²) in [5.74, 6) is 0.927. The van der Waals surface area contributed by atoms with Gasteiger partial charge in [0.25, 0.3) is 0 Å². The summed E-state index contributed by atoms with van der Waals surface area (Å²) >= 11 is 0. The lowest BCUT2D eigenvalue weighted by Crippen LogP contribution is -2.11. The quantitative estimate of drug-likeness (QED) is 0.554. The summed E-state index contributed by atoms with van der Waals surface area (Å²) in [6.07, 6.45) is 0. The molecule has 0 heterocycles. The van der Waals surface area contributed by atoms with E-state index in [0.717, 1.165) is 5.75 Å². The first-order valence-electron chi connectivity index (χ1n) is 8.08.